The van der Waals surface area contributed by atoms with Crippen LogP contribution in [0.4, 0.5) is 5.69 Å². The van der Waals surface area contributed by atoms with Gasteiger partial charge in [-0.2, -0.15) is 0 Å². The van der Waals surface area contributed by atoms with Crippen molar-refractivity contribution >= 4 is 5.69 Å². The average Bonchev–Trinajstić information content (AvgIpc) is 2.28. The Morgan fingerprint density at radius 2 is 2.06 bits per heavy atom. The number of anilines is 1. The van der Waals surface area contributed by atoms with Gasteiger partial charge in [0.15, 0.2) is 0 Å². The van der Waals surface area contributed by atoms with Crippen LogP contribution in [0.15, 0.2) is 24.3 Å². The topological polar surface area (TPSA) is 38.5 Å². The summed E-state index contributed by atoms with van der Waals surface area (Å²) in [5.74, 6) is 0. The maximum Gasteiger partial charge on any atom is 0.0615 e. The van der Waals surface area contributed by atoms with Crippen LogP contribution in [-0.2, 0) is 11.3 Å². The first-order valence-electron chi connectivity index (χ1n) is 5.75. The summed E-state index contributed by atoms with van der Waals surface area (Å²) >= 11 is 0. The van der Waals surface area contributed by atoms with Crippen molar-refractivity contribution in [3.8, 4) is 0 Å². The average molecular weight is 222 g/mol. The number of benzene rings is 1. The fourth-order valence-corrected chi connectivity index (χ4v) is 1.82. The monoisotopic (exact) mass is 222 g/mol. The van der Waals surface area contributed by atoms with Gasteiger partial charge in [0.2, 0.25) is 0 Å². The number of rotatable bonds is 6. The minimum Gasteiger partial charge on any atom is -0.398 e. The van der Waals surface area contributed by atoms with Gasteiger partial charge in [-0.1, -0.05) is 25.1 Å². The molecule has 3 nitrogen and oxygen atoms in total. The van der Waals surface area contributed by atoms with Gasteiger partial charge >= 0.3 is 0 Å². The normalized spacial score (nSPS) is 13.0. The molecule has 0 spiro atoms. The van der Waals surface area contributed by atoms with Gasteiger partial charge in [0.1, 0.15) is 0 Å². The number of nitrogens with zero attached hydrogens (tertiary/aromatic N) is 1. The van der Waals surface area contributed by atoms with Crippen LogP contribution in [0.3, 0.4) is 0 Å². The fourth-order valence-electron chi connectivity index (χ4n) is 1.82. The lowest BCUT2D eigenvalue weighted by Crippen LogP contribution is -2.35. The molecular formula is C13H22N2O. The molecule has 0 aliphatic heterocycles. The van der Waals surface area contributed by atoms with Crippen molar-refractivity contribution in [3.05, 3.63) is 29.8 Å². The van der Waals surface area contributed by atoms with Crippen molar-refractivity contribution < 1.29 is 4.74 Å². The maximum atomic E-state index is 5.94. The van der Waals surface area contributed by atoms with Gasteiger partial charge in [-0.15, -0.1) is 0 Å². The lowest BCUT2D eigenvalue weighted by molar-refractivity contribution is 0.0983. The molecular weight excluding hydrogens is 200 g/mol. The Hall–Kier alpha value is -1.06. The molecule has 0 saturated carbocycles. The Balaban J connectivity index is 2.66. The van der Waals surface area contributed by atoms with Crippen molar-refractivity contribution in [1.82, 2.24) is 4.90 Å². The standard InChI is InChI=1S/C13H22N2O/c1-4-15(11(2)10-16-3)9-12-7-5-6-8-13(12)14/h5-8,11H,4,9-10,14H2,1-3H3. The molecule has 0 radical (unpaired) electrons. The smallest absolute Gasteiger partial charge is 0.0615 e. The van der Waals surface area contributed by atoms with Crippen molar-refractivity contribution in [3.63, 3.8) is 0 Å². The third-order valence-corrected chi connectivity index (χ3v) is 2.87. The third-order valence-electron chi connectivity index (χ3n) is 2.87. The minimum atomic E-state index is 0.412. The first kappa shape index (κ1) is 13.0. The van der Waals surface area contributed by atoms with Gasteiger partial charge in [-0.3, -0.25) is 4.90 Å². The highest BCUT2D eigenvalue weighted by atomic mass is 16.5. The second kappa shape index (κ2) is 6.51. The quantitative estimate of drug-likeness (QED) is 0.749. The molecule has 0 aliphatic carbocycles. The van der Waals surface area contributed by atoms with E-state index < -0.39 is 0 Å². The third kappa shape index (κ3) is 3.51. The Morgan fingerprint density at radius 3 is 2.62 bits per heavy atom. The summed E-state index contributed by atoms with van der Waals surface area (Å²) < 4.78 is 5.18. The van der Waals surface area contributed by atoms with Gasteiger partial charge in [0.25, 0.3) is 0 Å². The number of nitrogen functional groups attached to an aromatic ring is 1. The number of hydrogen-bond donors (Lipinski definition) is 1. The minimum absolute atomic E-state index is 0.412. The number of likely N-dealkylation sites (N-methyl/N-ethyl adjacent to an activating group) is 1. The largest absolute Gasteiger partial charge is 0.398 e. The molecule has 0 amide bonds. The van der Waals surface area contributed by atoms with Crippen LogP contribution in [0.5, 0.6) is 0 Å². The lowest BCUT2D eigenvalue weighted by Gasteiger charge is -2.27. The van der Waals surface area contributed by atoms with Gasteiger partial charge in [-0.05, 0) is 25.1 Å². The highest BCUT2D eigenvalue weighted by Crippen LogP contribution is 2.14. The number of hydrogen-bond acceptors (Lipinski definition) is 3. The first-order chi connectivity index (χ1) is 7.69. The highest BCUT2D eigenvalue weighted by molar-refractivity contribution is 5.46. The van der Waals surface area contributed by atoms with E-state index in [1.165, 1.54) is 5.56 Å². The van der Waals surface area contributed by atoms with Crippen LogP contribution in [0, 0.1) is 0 Å². The molecule has 1 rings (SSSR count). The zero-order valence-electron chi connectivity index (χ0n) is 10.4. The molecule has 1 aromatic carbocycles. The van der Waals surface area contributed by atoms with Gasteiger partial charge in [0.05, 0.1) is 6.61 Å². The highest BCUT2D eigenvalue weighted by Gasteiger charge is 2.12. The summed E-state index contributed by atoms with van der Waals surface area (Å²) in [4.78, 5) is 2.36. The summed E-state index contributed by atoms with van der Waals surface area (Å²) in [6.45, 7) is 6.96. The molecule has 1 atom stereocenters. The Kier molecular flexibility index (Phi) is 5.29. The summed E-state index contributed by atoms with van der Waals surface area (Å²) in [7, 11) is 1.74. The molecule has 1 unspecified atom stereocenters. The molecule has 16 heavy (non-hydrogen) atoms. The van der Waals surface area contributed by atoms with E-state index in [2.05, 4.69) is 24.8 Å². The maximum absolute atomic E-state index is 5.94. The van der Waals surface area contributed by atoms with Crippen LogP contribution >= 0.6 is 0 Å². The van der Waals surface area contributed by atoms with E-state index in [1.54, 1.807) is 7.11 Å². The predicted molar refractivity (Wildman–Crippen MR) is 68.3 cm³/mol. The van der Waals surface area contributed by atoms with E-state index in [4.69, 9.17) is 10.5 Å². The molecule has 0 saturated heterocycles. The van der Waals surface area contributed by atoms with Gasteiger partial charge < -0.3 is 10.5 Å². The number of nitrogens with two attached hydrogens (primary N) is 1. The van der Waals surface area contributed by atoms with Crippen LogP contribution in [0.1, 0.15) is 19.4 Å². The zero-order valence-corrected chi connectivity index (χ0v) is 10.4. The van der Waals surface area contributed by atoms with E-state index in [9.17, 15) is 0 Å². The van der Waals surface area contributed by atoms with Crippen LogP contribution < -0.4 is 5.73 Å². The van der Waals surface area contributed by atoms with Gasteiger partial charge in [-0.25, -0.2) is 0 Å². The SMILES string of the molecule is CCN(Cc1ccccc1N)C(C)COC. The summed E-state index contributed by atoms with van der Waals surface area (Å²) in [5.41, 5.74) is 7.99. The van der Waals surface area contributed by atoms with E-state index in [-0.39, 0.29) is 0 Å². The van der Waals surface area contributed by atoms with Crippen LogP contribution in [0.25, 0.3) is 0 Å². The van der Waals surface area contributed by atoms with Gasteiger partial charge in [0, 0.05) is 25.4 Å². The number of ether oxygens (including phenoxy) is 1. The van der Waals surface area contributed by atoms with Crippen LogP contribution in [-0.4, -0.2) is 31.2 Å². The van der Waals surface area contributed by atoms with E-state index >= 15 is 0 Å². The molecule has 0 aliphatic rings. The van der Waals surface area contributed by atoms with Crippen molar-refractivity contribution in [2.24, 2.45) is 0 Å². The lowest BCUT2D eigenvalue weighted by atomic mass is 10.1. The first-order valence-corrected chi connectivity index (χ1v) is 5.75. The number of methoxy groups -OCH3 is 1. The summed E-state index contributed by atoms with van der Waals surface area (Å²) in [6, 6.07) is 8.44. The second-order valence-electron chi connectivity index (χ2n) is 4.07. The molecule has 0 fully saturated rings. The number of para-hydroxylation sites is 1. The summed E-state index contributed by atoms with van der Waals surface area (Å²) in [5, 5.41) is 0. The molecule has 0 heterocycles. The fraction of sp³-hybridized carbons (Fsp3) is 0.538. The van der Waals surface area contributed by atoms with Crippen molar-refractivity contribution in [1.29, 1.82) is 0 Å². The van der Waals surface area contributed by atoms with Crippen LogP contribution in [0.2, 0.25) is 0 Å². The molecule has 90 valence electrons. The molecule has 0 aromatic heterocycles. The molecule has 1 aromatic rings. The Bertz CT molecular complexity index is 315. The predicted octanol–water partition coefficient (Wildman–Crippen LogP) is 2.13. The molecule has 3 heteroatoms. The van der Waals surface area contributed by atoms with Crippen molar-refractivity contribution in [2.45, 2.75) is 26.4 Å². The molecule has 0 bridgehead atoms. The van der Waals surface area contributed by atoms with E-state index in [0.717, 1.165) is 25.4 Å². The Morgan fingerprint density at radius 1 is 1.38 bits per heavy atom. The zero-order chi connectivity index (χ0) is 12.0. The van der Waals surface area contributed by atoms with E-state index in [0.29, 0.717) is 6.04 Å². The second-order valence-corrected chi connectivity index (χ2v) is 4.07. The van der Waals surface area contributed by atoms with E-state index in [1.807, 2.05) is 18.2 Å². The summed E-state index contributed by atoms with van der Waals surface area (Å²) in [6.07, 6.45) is 0. The van der Waals surface area contributed by atoms with Crippen molar-refractivity contribution in [2.75, 3.05) is 26.0 Å². The Labute approximate surface area is 98.2 Å². The molecule has 2 N–H and O–H groups in total.